The molecule has 7 unspecified atom stereocenters. The fourth-order valence-corrected chi connectivity index (χ4v) is 5.09. The largest absolute Gasteiger partial charge is 0.394 e. The van der Waals surface area contributed by atoms with Crippen molar-refractivity contribution < 1.29 is 39.8 Å². The third-order valence-electron chi connectivity index (χ3n) is 7.86. The summed E-state index contributed by atoms with van der Waals surface area (Å²) in [5, 5.41) is 53.2. The highest BCUT2D eigenvalue weighted by Crippen LogP contribution is 2.22. The first-order chi connectivity index (χ1) is 19.8. The number of hydrogen-bond acceptors (Lipinski definition) is 8. The zero-order valence-electron chi connectivity index (χ0n) is 25.8. The Morgan fingerprint density at radius 1 is 0.805 bits per heavy atom. The second-order valence-corrected chi connectivity index (χ2v) is 11.6. The van der Waals surface area contributed by atoms with E-state index in [1.165, 1.54) is 70.6 Å². The lowest BCUT2D eigenvalue weighted by atomic mass is 9.99. The van der Waals surface area contributed by atoms with Crippen molar-refractivity contribution in [2.45, 2.75) is 172 Å². The van der Waals surface area contributed by atoms with Crippen LogP contribution in [0.25, 0.3) is 0 Å². The van der Waals surface area contributed by atoms with E-state index in [1.807, 2.05) is 6.08 Å². The monoisotopic (exact) mass is 587 g/mol. The van der Waals surface area contributed by atoms with Crippen LogP contribution >= 0.6 is 0 Å². The maximum atomic E-state index is 12.5. The first-order valence-corrected chi connectivity index (χ1v) is 16.4. The van der Waals surface area contributed by atoms with Crippen LogP contribution in [-0.4, -0.2) is 87.5 Å². The standard InChI is InChI=1S/C32H61NO8/c1-3-5-7-8-9-10-11-12-13-14-15-16-17-18-20-21-26(35)25(33-28(36)22-19-6-4-2)24-40-32-31(39)30(38)29(37)27(23-34)41-32/h20-21,25-27,29-32,34-35,37-39H,3-19,22-24H2,1-2H3,(H,33,36)/b21-20+. The summed E-state index contributed by atoms with van der Waals surface area (Å²) in [5.74, 6) is -0.204. The summed E-state index contributed by atoms with van der Waals surface area (Å²) in [7, 11) is 0. The molecule has 6 N–H and O–H groups in total. The Hall–Kier alpha value is -1.07. The van der Waals surface area contributed by atoms with E-state index >= 15 is 0 Å². The number of aliphatic hydroxyl groups is 5. The molecule has 0 aromatic heterocycles. The highest BCUT2D eigenvalue weighted by molar-refractivity contribution is 5.76. The van der Waals surface area contributed by atoms with Crippen molar-refractivity contribution in [3.8, 4) is 0 Å². The minimum atomic E-state index is -1.56. The average Bonchev–Trinajstić information content (AvgIpc) is 2.96. The lowest BCUT2D eigenvalue weighted by molar-refractivity contribution is -0.302. The quantitative estimate of drug-likeness (QED) is 0.0685. The van der Waals surface area contributed by atoms with Gasteiger partial charge < -0.3 is 40.3 Å². The predicted octanol–water partition coefficient (Wildman–Crippen LogP) is 4.27. The minimum Gasteiger partial charge on any atom is -0.394 e. The molecule has 1 fully saturated rings. The van der Waals surface area contributed by atoms with Gasteiger partial charge in [0.1, 0.15) is 24.4 Å². The van der Waals surface area contributed by atoms with Gasteiger partial charge in [-0.2, -0.15) is 0 Å². The highest BCUT2D eigenvalue weighted by Gasteiger charge is 2.44. The Morgan fingerprint density at radius 2 is 1.34 bits per heavy atom. The summed E-state index contributed by atoms with van der Waals surface area (Å²) in [6.07, 6.45) is 16.2. The van der Waals surface area contributed by atoms with Crippen molar-refractivity contribution in [3.05, 3.63) is 12.2 Å². The number of aliphatic hydroxyl groups excluding tert-OH is 5. The van der Waals surface area contributed by atoms with Gasteiger partial charge in [-0.25, -0.2) is 0 Å². The zero-order chi connectivity index (χ0) is 30.3. The topological polar surface area (TPSA) is 149 Å². The molecule has 0 aromatic rings. The number of carbonyl (C=O) groups is 1. The van der Waals surface area contributed by atoms with Crippen LogP contribution in [0.5, 0.6) is 0 Å². The Morgan fingerprint density at radius 3 is 1.90 bits per heavy atom. The van der Waals surface area contributed by atoms with Gasteiger partial charge in [0, 0.05) is 6.42 Å². The fourth-order valence-electron chi connectivity index (χ4n) is 5.09. The van der Waals surface area contributed by atoms with Crippen LogP contribution in [0.1, 0.15) is 129 Å². The van der Waals surface area contributed by atoms with Gasteiger partial charge in [-0.3, -0.25) is 4.79 Å². The summed E-state index contributed by atoms with van der Waals surface area (Å²) in [6, 6.07) is -0.792. The smallest absolute Gasteiger partial charge is 0.220 e. The molecule has 1 amide bonds. The molecule has 9 heteroatoms. The molecule has 0 radical (unpaired) electrons. The third kappa shape index (κ3) is 17.0. The normalized spacial score (nSPS) is 24.5. The van der Waals surface area contributed by atoms with Gasteiger partial charge in [-0.1, -0.05) is 116 Å². The molecule has 9 nitrogen and oxygen atoms in total. The van der Waals surface area contributed by atoms with Gasteiger partial charge >= 0.3 is 0 Å². The van der Waals surface area contributed by atoms with Gasteiger partial charge in [0.25, 0.3) is 0 Å². The summed E-state index contributed by atoms with van der Waals surface area (Å²) in [6.45, 7) is 3.56. The Balaban J connectivity index is 2.40. The van der Waals surface area contributed by atoms with E-state index in [2.05, 4.69) is 19.2 Å². The number of allylic oxidation sites excluding steroid dienone is 1. The lowest BCUT2D eigenvalue weighted by Crippen LogP contribution is -2.60. The number of rotatable bonds is 25. The van der Waals surface area contributed by atoms with Crippen LogP contribution in [0.4, 0.5) is 0 Å². The Labute approximate surface area is 248 Å². The summed E-state index contributed by atoms with van der Waals surface area (Å²) >= 11 is 0. The number of ether oxygens (including phenoxy) is 2. The molecule has 1 rings (SSSR count). The van der Waals surface area contributed by atoms with Crippen molar-refractivity contribution in [3.63, 3.8) is 0 Å². The van der Waals surface area contributed by atoms with Gasteiger partial charge in [0.05, 0.1) is 25.4 Å². The SMILES string of the molecule is CCCCCCCCCCCCCCC/C=C/C(O)C(COC1OC(CO)C(O)C(O)C1O)NC(=O)CCCCC. The van der Waals surface area contributed by atoms with E-state index in [-0.39, 0.29) is 12.5 Å². The molecule has 1 aliphatic heterocycles. The molecule has 1 heterocycles. The van der Waals surface area contributed by atoms with Crippen molar-refractivity contribution in [2.75, 3.05) is 13.2 Å². The molecule has 0 saturated carbocycles. The average molecular weight is 588 g/mol. The van der Waals surface area contributed by atoms with Crippen LogP contribution in [0.15, 0.2) is 12.2 Å². The maximum Gasteiger partial charge on any atom is 0.220 e. The molecular formula is C32H61NO8. The summed E-state index contributed by atoms with van der Waals surface area (Å²) in [4.78, 5) is 12.5. The van der Waals surface area contributed by atoms with Gasteiger partial charge in [0.2, 0.25) is 5.91 Å². The first-order valence-electron chi connectivity index (χ1n) is 16.4. The van der Waals surface area contributed by atoms with Crippen molar-refractivity contribution in [1.29, 1.82) is 0 Å². The molecule has 0 spiro atoms. The van der Waals surface area contributed by atoms with E-state index in [9.17, 15) is 30.3 Å². The first kappa shape index (κ1) is 38.0. The van der Waals surface area contributed by atoms with E-state index in [0.29, 0.717) is 6.42 Å². The van der Waals surface area contributed by atoms with Gasteiger partial charge in [-0.15, -0.1) is 0 Å². The van der Waals surface area contributed by atoms with E-state index < -0.39 is 49.5 Å². The highest BCUT2D eigenvalue weighted by atomic mass is 16.7. The van der Waals surface area contributed by atoms with Crippen LogP contribution in [0.3, 0.4) is 0 Å². The summed E-state index contributed by atoms with van der Waals surface area (Å²) < 4.78 is 11.0. The van der Waals surface area contributed by atoms with E-state index in [4.69, 9.17) is 9.47 Å². The molecule has 41 heavy (non-hydrogen) atoms. The molecule has 0 aromatic carbocycles. The zero-order valence-corrected chi connectivity index (χ0v) is 25.8. The number of nitrogens with one attached hydrogen (secondary N) is 1. The minimum absolute atomic E-state index is 0.188. The third-order valence-corrected chi connectivity index (χ3v) is 7.86. The lowest BCUT2D eigenvalue weighted by Gasteiger charge is -2.40. The maximum absolute atomic E-state index is 12.5. The van der Waals surface area contributed by atoms with Crippen LogP contribution in [-0.2, 0) is 14.3 Å². The van der Waals surface area contributed by atoms with Crippen LogP contribution in [0.2, 0.25) is 0 Å². The molecule has 7 atom stereocenters. The molecule has 1 aliphatic rings. The van der Waals surface area contributed by atoms with Crippen LogP contribution in [0, 0.1) is 0 Å². The molecule has 1 saturated heterocycles. The van der Waals surface area contributed by atoms with Gasteiger partial charge in [0.15, 0.2) is 6.29 Å². The predicted molar refractivity (Wildman–Crippen MR) is 161 cm³/mol. The number of unbranched alkanes of at least 4 members (excludes halogenated alkanes) is 15. The van der Waals surface area contributed by atoms with Crippen molar-refractivity contribution in [2.24, 2.45) is 0 Å². The van der Waals surface area contributed by atoms with E-state index in [1.54, 1.807) is 6.08 Å². The van der Waals surface area contributed by atoms with Gasteiger partial charge in [-0.05, 0) is 19.3 Å². The summed E-state index contributed by atoms with van der Waals surface area (Å²) in [5.41, 5.74) is 0. The molecule has 242 valence electrons. The molecular weight excluding hydrogens is 526 g/mol. The van der Waals surface area contributed by atoms with Crippen molar-refractivity contribution in [1.82, 2.24) is 5.32 Å². The fraction of sp³-hybridized carbons (Fsp3) is 0.906. The van der Waals surface area contributed by atoms with Crippen LogP contribution < -0.4 is 5.32 Å². The Bertz CT molecular complexity index is 662. The second-order valence-electron chi connectivity index (χ2n) is 11.6. The number of amides is 1. The second kappa shape index (κ2) is 24.4. The molecule has 0 aliphatic carbocycles. The van der Waals surface area contributed by atoms with E-state index in [0.717, 1.165) is 38.5 Å². The number of hydrogen-bond donors (Lipinski definition) is 6. The number of carbonyl (C=O) groups excluding carboxylic acids is 1. The Kier molecular flexibility index (Phi) is 22.6. The van der Waals surface area contributed by atoms with Crippen molar-refractivity contribution >= 4 is 5.91 Å². The molecule has 0 bridgehead atoms.